The van der Waals surface area contributed by atoms with Crippen molar-refractivity contribution in [2.45, 2.75) is 39.7 Å². The number of amides is 1. The minimum absolute atomic E-state index is 0.109. The van der Waals surface area contributed by atoms with Gasteiger partial charge in [0.2, 0.25) is 5.91 Å². The maximum Gasteiger partial charge on any atom is 0.253 e. The van der Waals surface area contributed by atoms with Gasteiger partial charge in [-0.15, -0.1) is 0 Å². The van der Waals surface area contributed by atoms with Crippen molar-refractivity contribution in [3.63, 3.8) is 0 Å². The molecule has 0 saturated carbocycles. The fraction of sp³-hybridized carbons (Fsp3) is 0.500. The summed E-state index contributed by atoms with van der Waals surface area (Å²) in [4.78, 5) is 25.1. The van der Waals surface area contributed by atoms with E-state index in [-0.39, 0.29) is 11.5 Å². The van der Waals surface area contributed by atoms with Gasteiger partial charge < -0.3 is 10.3 Å². The lowest BCUT2D eigenvalue weighted by Gasteiger charge is -2.04. The van der Waals surface area contributed by atoms with Crippen LogP contribution in [0.4, 0.5) is 0 Å². The largest absolute Gasteiger partial charge is 0.352 e. The Bertz CT molecular complexity index is 410. The monoisotopic (exact) mass is 222 g/mol. The SMILES string of the molecule is CCCCc1ccc(CNC(C)=O)c(=O)[nH]1. The van der Waals surface area contributed by atoms with E-state index in [1.807, 2.05) is 6.07 Å². The highest BCUT2D eigenvalue weighted by atomic mass is 16.1. The van der Waals surface area contributed by atoms with Crippen molar-refractivity contribution in [1.82, 2.24) is 10.3 Å². The first-order valence-corrected chi connectivity index (χ1v) is 5.59. The molecular formula is C12H18N2O2. The normalized spacial score (nSPS) is 10.1. The Labute approximate surface area is 95.1 Å². The first-order valence-electron chi connectivity index (χ1n) is 5.59. The van der Waals surface area contributed by atoms with Gasteiger partial charge in [-0.2, -0.15) is 0 Å². The van der Waals surface area contributed by atoms with Crippen LogP contribution >= 0.6 is 0 Å². The average molecular weight is 222 g/mol. The highest BCUT2D eigenvalue weighted by Crippen LogP contribution is 2.00. The number of carbonyl (C=O) groups is 1. The van der Waals surface area contributed by atoms with Crippen molar-refractivity contribution in [3.8, 4) is 0 Å². The zero-order valence-electron chi connectivity index (χ0n) is 9.80. The van der Waals surface area contributed by atoms with Crippen LogP contribution in [0.5, 0.6) is 0 Å². The average Bonchev–Trinajstić information content (AvgIpc) is 2.24. The lowest BCUT2D eigenvalue weighted by Crippen LogP contribution is -2.24. The number of hydrogen-bond donors (Lipinski definition) is 2. The summed E-state index contributed by atoms with van der Waals surface area (Å²) in [5.41, 5.74) is 1.44. The van der Waals surface area contributed by atoms with Crippen LogP contribution in [-0.4, -0.2) is 10.9 Å². The smallest absolute Gasteiger partial charge is 0.253 e. The summed E-state index contributed by atoms with van der Waals surface area (Å²) >= 11 is 0. The van der Waals surface area contributed by atoms with Gasteiger partial charge in [0.25, 0.3) is 5.56 Å². The molecule has 0 radical (unpaired) electrons. The van der Waals surface area contributed by atoms with Crippen LogP contribution in [0.1, 0.15) is 37.9 Å². The number of unbranched alkanes of at least 4 members (excludes halogenated alkanes) is 1. The van der Waals surface area contributed by atoms with Crippen LogP contribution in [0, 0.1) is 0 Å². The maximum atomic E-state index is 11.6. The van der Waals surface area contributed by atoms with Gasteiger partial charge in [0.05, 0.1) is 0 Å². The molecule has 0 aromatic carbocycles. The Balaban J connectivity index is 2.67. The van der Waals surface area contributed by atoms with Gasteiger partial charge in [0.15, 0.2) is 0 Å². The fourth-order valence-electron chi connectivity index (χ4n) is 1.42. The lowest BCUT2D eigenvalue weighted by molar-refractivity contribution is -0.119. The van der Waals surface area contributed by atoms with Gasteiger partial charge in [0.1, 0.15) is 0 Å². The van der Waals surface area contributed by atoms with E-state index in [1.54, 1.807) is 6.07 Å². The third kappa shape index (κ3) is 3.88. The molecule has 0 aliphatic rings. The number of nitrogens with one attached hydrogen (secondary N) is 2. The second-order valence-corrected chi connectivity index (χ2v) is 3.85. The second kappa shape index (κ2) is 6.10. The molecule has 1 rings (SSSR count). The number of rotatable bonds is 5. The lowest BCUT2D eigenvalue weighted by atomic mass is 10.1. The number of carbonyl (C=O) groups excluding carboxylic acids is 1. The van der Waals surface area contributed by atoms with E-state index in [2.05, 4.69) is 17.2 Å². The van der Waals surface area contributed by atoms with Gasteiger partial charge in [-0.3, -0.25) is 9.59 Å². The molecule has 0 bridgehead atoms. The van der Waals surface area contributed by atoms with Gasteiger partial charge in [-0.05, 0) is 18.9 Å². The van der Waals surface area contributed by atoms with E-state index in [0.29, 0.717) is 12.1 Å². The van der Waals surface area contributed by atoms with Crippen LogP contribution in [0.25, 0.3) is 0 Å². The molecule has 16 heavy (non-hydrogen) atoms. The van der Waals surface area contributed by atoms with Gasteiger partial charge in [-0.1, -0.05) is 19.4 Å². The fourth-order valence-corrected chi connectivity index (χ4v) is 1.42. The molecule has 0 aliphatic heterocycles. The molecule has 0 spiro atoms. The molecule has 2 N–H and O–H groups in total. The summed E-state index contributed by atoms with van der Waals surface area (Å²) in [6, 6.07) is 3.69. The van der Waals surface area contributed by atoms with E-state index >= 15 is 0 Å². The Morgan fingerprint density at radius 2 is 2.19 bits per heavy atom. The molecule has 0 atom stereocenters. The van der Waals surface area contributed by atoms with Crippen molar-refractivity contribution < 1.29 is 4.79 Å². The number of H-pyrrole nitrogens is 1. The van der Waals surface area contributed by atoms with Gasteiger partial charge in [-0.25, -0.2) is 0 Å². The molecule has 4 nitrogen and oxygen atoms in total. The zero-order chi connectivity index (χ0) is 12.0. The first kappa shape index (κ1) is 12.5. The van der Waals surface area contributed by atoms with E-state index in [1.165, 1.54) is 6.92 Å². The number of hydrogen-bond acceptors (Lipinski definition) is 2. The van der Waals surface area contributed by atoms with Crippen molar-refractivity contribution in [2.24, 2.45) is 0 Å². The molecule has 88 valence electrons. The summed E-state index contributed by atoms with van der Waals surface area (Å²) in [7, 11) is 0. The molecule has 0 aliphatic carbocycles. The van der Waals surface area contributed by atoms with Crippen molar-refractivity contribution in [3.05, 3.63) is 33.7 Å². The molecule has 0 fully saturated rings. The van der Waals surface area contributed by atoms with Gasteiger partial charge >= 0.3 is 0 Å². The van der Waals surface area contributed by atoms with Crippen LogP contribution in [0.3, 0.4) is 0 Å². The Morgan fingerprint density at radius 3 is 2.75 bits per heavy atom. The van der Waals surface area contributed by atoms with Gasteiger partial charge in [0, 0.05) is 24.7 Å². The zero-order valence-corrected chi connectivity index (χ0v) is 9.80. The Kier molecular flexibility index (Phi) is 4.76. The number of aryl methyl sites for hydroxylation is 1. The summed E-state index contributed by atoms with van der Waals surface area (Å²) in [5.74, 6) is -0.130. The van der Waals surface area contributed by atoms with Crippen LogP contribution in [-0.2, 0) is 17.8 Å². The number of aromatic amines is 1. The molecule has 0 saturated heterocycles. The summed E-state index contributed by atoms with van der Waals surface area (Å²) in [6.07, 6.45) is 3.07. The highest BCUT2D eigenvalue weighted by Gasteiger charge is 2.01. The van der Waals surface area contributed by atoms with Crippen molar-refractivity contribution in [2.75, 3.05) is 0 Å². The maximum absolute atomic E-state index is 11.6. The molecular weight excluding hydrogens is 204 g/mol. The van der Waals surface area contributed by atoms with E-state index < -0.39 is 0 Å². The van der Waals surface area contributed by atoms with Crippen LogP contribution in [0.2, 0.25) is 0 Å². The summed E-state index contributed by atoms with van der Waals surface area (Å²) < 4.78 is 0. The van der Waals surface area contributed by atoms with E-state index in [4.69, 9.17) is 0 Å². The Morgan fingerprint density at radius 1 is 1.44 bits per heavy atom. The Hall–Kier alpha value is -1.58. The summed E-state index contributed by atoms with van der Waals surface area (Å²) in [6.45, 7) is 3.84. The van der Waals surface area contributed by atoms with Crippen LogP contribution in [0.15, 0.2) is 16.9 Å². The standard InChI is InChI=1S/C12H18N2O2/c1-3-4-5-11-7-6-10(12(16)14-11)8-13-9(2)15/h6-7H,3-5,8H2,1-2H3,(H,13,15)(H,14,16). The highest BCUT2D eigenvalue weighted by molar-refractivity contribution is 5.72. The third-order valence-corrected chi connectivity index (χ3v) is 2.38. The second-order valence-electron chi connectivity index (χ2n) is 3.85. The molecule has 0 unspecified atom stereocenters. The van der Waals surface area contributed by atoms with Crippen molar-refractivity contribution in [1.29, 1.82) is 0 Å². The number of aromatic nitrogens is 1. The molecule has 1 aromatic rings. The summed E-state index contributed by atoms with van der Waals surface area (Å²) in [5, 5.41) is 2.61. The third-order valence-electron chi connectivity index (χ3n) is 2.38. The molecule has 4 heteroatoms. The number of pyridine rings is 1. The predicted octanol–water partition coefficient (Wildman–Crippen LogP) is 1.35. The topological polar surface area (TPSA) is 62.0 Å². The molecule has 1 aromatic heterocycles. The minimum atomic E-state index is -0.130. The molecule has 1 amide bonds. The van der Waals surface area contributed by atoms with Crippen molar-refractivity contribution >= 4 is 5.91 Å². The predicted molar refractivity (Wildman–Crippen MR) is 63.2 cm³/mol. The first-order chi connectivity index (χ1) is 7.63. The van der Waals surface area contributed by atoms with E-state index in [9.17, 15) is 9.59 Å². The van der Waals surface area contributed by atoms with Crippen LogP contribution < -0.4 is 10.9 Å². The quantitative estimate of drug-likeness (QED) is 0.790. The minimum Gasteiger partial charge on any atom is -0.352 e. The molecule has 1 heterocycles. The van der Waals surface area contributed by atoms with E-state index in [0.717, 1.165) is 25.0 Å².